The van der Waals surface area contributed by atoms with Crippen LogP contribution in [-0.2, 0) is 21.4 Å². The van der Waals surface area contributed by atoms with Crippen molar-refractivity contribution in [1.82, 2.24) is 4.90 Å². The lowest BCUT2D eigenvalue weighted by molar-refractivity contribution is -0.219. The molecule has 1 N–H and O–H groups in total. The van der Waals surface area contributed by atoms with Gasteiger partial charge in [-0.05, 0) is 44.5 Å². The van der Waals surface area contributed by atoms with Crippen molar-refractivity contribution in [1.29, 1.82) is 0 Å². The second-order valence-corrected chi connectivity index (χ2v) is 9.08. The Morgan fingerprint density at radius 2 is 2.14 bits per heavy atom. The Morgan fingerprint density at radius 3 is 2.86 bits per heavy atom. The largest absolute Gasteiger partial charge is 0.493 e. The molecule has 4 bridgehead atoms. The molecular weight excluding hydrogens is 358 g/mol. The summed E-state index contributed by atoms with van der Waals surface area (Å²) < 4.78 is 18.3. The van der Waals surface area contributed by atoms with Gasteiger partial charge in [-0.3, -0.25) is 4.79 Å². The van der Waals surface area contributed by atoms with Crippen molar-refractivity contribution < 1.29 is 24.1 Å². The average molecular weight is 383 g/mol. The van der Waals surface area contributed by atoms with Gasteiger partial charge in [-0.2, -0.15) is 0 Å². The van der Waals surface area contributed by atoms with E-state index in [1.807, 2.05) is 12.1 Å². The van der Waals surface area contributed by atoms with Gasteiger partial charge in [0.2, 0.25) is 0 Å². The topological polar surface area (TPSA) is 68.2 Å². The van der Waals surface area contributed by atoms with E-state index in [9.17, 15) is 9.90 Å². The Morgan fingerprint density at radius 1 is 1.32 bits per heavy atom. The number of hydrogen-bond donors (Lipinski definition) is 1. The van der Waals surface area contributed by atoms with Gasteiger partial charge in [-0.15, -0.1) is 0 Å². The van der Waals surface area contributed by atoms with Crippen molar-refractivity contribution in [2.45, 2.75) is 42.4 Å². The molecule has 6 aliphatic rings. The summed E-state index contributed by atoms with van der Waals surface area (Å²) >= 11 is 0. The van der Waals surface area contributed by atoms with E-state index in [4.69, 9.17) is 14.2 Å². The third-order valence-corrected chi connectivity index (χ3v) is 8.58. The quantitative estimate of drug-likeness (QED) is 0.806. The first-order chi connectivity index (χ1) is 13.4. The Bertz CT molecular complexity index is 943. The highest BCUT2D eigenvalue weighted by Gasteiger charge is 2.79. The van der Waals surface area contributed by atoms with Crippen molar-refractivity contribution in [3.05, 3.63) is 35.4 Å². The summed E-state index contributed by atoms with van der Waals surface area (Å²) in [7, 11) is 5.45. The van der Waals surface area contributed by atoms with Gasteiger partial charge in [0.25, 0.3) is 0 Å². The molecule has 28 heavy (non-hydrogen) atoms. The van der Waals surface area contributed by atoms with E-state index in [2.05, 4.69) is 24.1 Å². The van der Waals surface area contributed by atoms with Crippen LogP contribution >= 0.6 is 0 Å². The fourth-order valence-corrected chi connectivity index (χ4v) is 7.49. The van der Waals surface area contributed by atoms with Crippen LogP contribution in [0, 0.1) is 11.3 Å². The number of hydrogen-bond acceptors (Lipinski definition) is 5. The number of likely N-dealkylation sites (N-methyl/N-ethyl adjacent to an activating group) is 1. The van der Waals surface area contributed by atoms with E-state index < -0.39 is 17.5 Å². The Labute approximate surface area is 164 Å². The van der Waals surface area contributed by atoms with E-state index in [-0.39, 0.29) is 23.0 Å². The second-order valence-electron chi connectivity index (χ2n) is 9.08. The maximum absolute atomic E-state index is 12.4. The summed E-state index contributed by atoms with van der Waals surface area (Å²) in [5, 5.41) is 10.1. The van der Waals surface area contributed by atoms with Crippen LogP contribution in [0.3, 0.4) is 0 Å². The minimum Gasteiger partial charge on any atom is -0.493 e. The van der Waals surface area contributed by atoms with Gasteiger partial charge in [0.15, 0.2) is 11.5 Å². The minimum atomic E-state index is -0.966. The second kappa shape index (κ2) is 4.92. The fraction of sp³-hybridized carbons (Fsp3) is 0.591. The van der Waals surface area contributed by atoms with Crippen LogP contribution in [0.2, 0.25) is 0 Å². The SMILES string of the molecule is COc1ccc2c3c1O[C@@H]1[C@@]4(OC)C=C[C@@]5(C[C@H]4C(=O)O)[C@@H](C2)N(C)CC[C@]315. The Kier molecular flexibility index (Phi) is 2.96. The van der Waals surface area contributed by atoms with Crippen LogP contribution in [0.4, 0.5) is 0 Å². The van der Waals surface area contributed by atoms with Gasteiger partial charge in [0.1, 0.15) is 11.7 Å². The number of carboxylic acid groups (broad SMARTS) is 1. The molecule has 1 aromatic rings. The standard InChI is InChI=1S/C22H25NO5/c1-23-9-8-21-16-12-4-5-14(26-2)17(16)28-19(21)22(27-3)7-6-20(21,15(23)10-12)11-13(22)18(24)25/h4-7,13,15,19H,8-11H2,1-3H3,(H,24,25)/t13-,15+,19-,20+,21-,22+/m0/s1. The molecule has 7 rings (SSSR count). The molecule has 2 spiro atoms. The van der Waals surface area contributed by atoms with Crippen LogP contribution in [0.15, 0.2) is 24.3 Å². The predicted octanol–water partition coefficient (Wildman–Crippen LogP) is 2.00. The van der Waals surface area contributed by atoms with Crippen LogP contribution in [-0.4, -0.2) is 61.5 Å². The maximum atomic E-state index is 12.4. The number of ether oxygens (including phenoxy) is 3. The van der Waals surface area contributed by atoms with Crippen LogP contribution < -0.4 is 9.47 Å². The molecule has 6 atom stereocenters. The number of carboxylic acids is 1. The number of benzene rings is 1. The lowest BCUT2D eigenvalue weighted by atomic mass is 9.37. The van der Waals surface area contributed by atoms with Crippen LogP contribution in [0.1, 0.15) is 24.0 Å². The first-order valence-corrected chi connectivity index (χ1v) is 10.0. The monoisotopic (exact) mass is 383 g/mol. The van der Waals surface area contributed by atoms with E-state index in [0.29, 0.717) is 6.42 Å². The molecule has 0 aromatic heterocycles. The highest BCUT2D eigenvalue weighted by Crippen LogP contribution is 2.74. The molecule has 1 saturated carbocycles. The number of piperidine rings is 1. The lowest BCUT2D eigenvalue weighted by Crippen LogP contribution is -2.79. The lowest BCUT2D eigenvalue weighted by Gasteiger charge is -2.70. The zero-order chi connectivity index (χ0) is 19.5. The minimum absolute atomic E-state index is 0.257. The summed E-state index contributed by atoms with van der Waals surface area (Å²) in [5.74, 6) is 0.0936. The molecule has 4 aliphatic carbocycles. The average Bonchev–Trinajstić information content (AvgIpc) is 3.07. The van der Waals surface area contributed by atoms with Crippen LogP contribution in [0.25, 0.3) is 0 Å². The third kappa shape index (κ3) is 1.46. The Hall–Kier alpha value is -2.05. The summed E-state index contributed by atoms with van der Waals surface area (Å²) in [6.07, 6.45) is 6.35. The van der Waals surface area contributed by atoms with E-state index in [0.717, 1.165) is 30.9 Å². The number of nitrogens with zero attached hydrogens (tertiary/aromatic N) is 1. The number of rotatable bonds is 3. The molecule has 6 heteroatoms. The van der Waals surface area contributed by atoms with Gasteiger partial charge in [0, 0.05) is 24.1 Å². The first-order valence-electron chi connectivity index (χ1n) is 10.0. The first kappa shape index (κ1) is 16.9. The molecule has 0 amide bonds. The number of aliphatic carboxylic acids is 1. The Balaban J connectivity index is 1.72. The zero-order valence-electron chi connectivity index (χ0n) is 16.4. The highest BCUT2D eigenvalue weighted by atomic mass is 16.6. The van der Waals surface area contributed by atoms with Gasteiger partial charge in [0.05, 0.1) is 18.4 Å². The summed E-state index contributed by atoms with van der Waals surface area (Å²) in [6, 6.07) is 4.41. The molecule has 2 aliphatic heterocycles. The smallest absolute Gasteiger partial charge is 0.309 e. The van der Waals surface area contributed by atoms with Crippen molar-refractivity contribution in [2.75, 3.05) is 27.8 Å². The number of likely N-dealkylation sites (tertiary alicyclic amines) is 1. The van der Waals surface area contributed by atoms with E-state index in [1.54, 1.807) is 14.2 Å². The van der Waals surface area contributed by atoms with Gasteiger partial charge in [-0.1, -0.05) is 18.2 Å². The zero-order valence-corrected chi connectivity index (χ0v) is 16.4. The normalized spacial score (nSPS) is 44.2. The third-order valence-electron chi connectivity index (χ3n) is 8.58. The van der Waals surface area contributed by atoms with Gasteiger partial charge >= 0.3 is 5.97 Å². The molecular formula is C22H25NO5. The predicted molar refractivity (Wildman–Crippen MR) is 101 cm³/mol. The maximum Gasteiger partial charge on any atom is 0.309 e. The van der Waals surface area contributed by atoms with E-state index >= 15 is 0 Å². The molecule has 0 radical (unpaired) electrons. The summed E-state index contributed by atoms with van der Waals surface area (Å²) in [6.45, 7) is 0.966. The van der Waals surface area contributed by atoms with Crippen LogP contribution in [0.5, 0.6) is 11.5 Å². The highest BCUT2D eigenvalue weighted by molar-refractivity contribution is 5.76. The molecule has 2 heterocycles. The van der Waals surface area contributed by atoms with Crippen molar-refractivity contribution in [2.24, 2.45) is 11.3 Å². The molecule has 0 unspecified atom stereocenters. The molecule has 6 nitrogen and oxygen atoms in total. The summed E-state index contributed by atoms with van der Waals surface area (Å²) in [4.78, 5) is 14.8. The summed E-state index contributed by atoms with van der Waals surface area (Å²) in [5.41, 5.74) is 1.05. The van der Waals surface area contributed by atoms with Gasteiger partial charge < -0.3 is 24.2 Å². The number of methoxy groups -OCH3 is 2. The number of fused-ring (bicyclic) bond motifs is 1. The van der Waals surface area contributed by atoms with Crippen molar-refractivity contribution in [3.8, 4) is 11.5 Å². The molecule has 1 saturated heterocycles. The molecule has 1 aromatic carbocycles. The number of carbonyl (C=O) groups is 1. The fourth-order valence-electron chi connectivity index (χ4n) is 7.49. The van der Waals surface area contributed by atoms with Crippen molar-refractivity contribution >= 4 is 5.97 Å². The molecule has 2 fully saturated rings. The van der Waals surface area contributed by atoms with Crippen molar-refractivity contribution in [3.63, 3.8) is 0 Å². The van der Waals surface area contributed by atoms with Gasteiger partial charge in [-0.25, -0.2) is 0 Å². The molecule has 148 valence electrons. The van der Waals surface area contributed by atoms with E-state index in [1.165, 1.54) is 11.1 Å².